The first-order chi connectivity index (χ1) is 5.83. The molecule has 0 aliphatic heterocycles. The van der Waals surface area contributed by atoms with Crippen molar-refractivity contribution in [1.29, 1.82) is 0 Å². The van der Waals surface area contributed by atoms with E-state index in [2.05, 4.69) is 36.9 Å². The lowest BCUT2D eigenvalue weighted by molar-refractivity contribution is 0.676. The Morgan fingerprint density at radius 1 is 1.23 bits per heavy atom. The summed E-state index contributed by atoms with van der Waals surface area (Å²) in [7, 11) is 0. The van der Waals surface area contributed by atoms with Crippen LogP contribution in [-0.4, -0.2) is 11.8 Å². The summed E-state index contributed by atoms with van der Waals surface area (Å²) in [5.74, 6) is 0.771. The van der Waals surface area contributed by atoms with Gasteiger partial charge in [-0.15, -0.1) is 12.4 Å². The van der Waals surface area contributed by atoms with Crippen molar-refractivity contribution in [2.45, 2.75) is 18.9 Å². The van der Waals surface area contributed by atoms with Crippen molar-refractivity contribution in [1.82, 2.24) is 0 Å². The Morgan fingerprint density at radius 3 is 2.38 bits per heavy atom. The minimum atomic E-state index is 0. The number of aryl methyl sites for hydroxylation is 1. The lowest BCUT2D eigenvalue weighted by atomic mass is 10.1. The van der Waals surface area contributed by atoms with Crippen LogP contribution in [0.25, 0.3) is 0 Å². The van der Waals surface area contributed by atoms with Crippen LogP contribution in [0, 0.1) is 0 Å². The van der Waals surface area contributed by atoms with Gasteiger partial charge >= 0.3 is 0 Å². The molecule has 0 aromatic heterocycles. The molecule has 1 aromatic carbocycles. The third-order valence-electron chi connectivity index (χ3n) is 1.88. The maximum Gasteiger partial charge on any atom is 0.0131 e. The first-order valence-corrected chi connectivity index (χ1v) is 4.86. The van der Waals surface area contributed by atoms with Crippen LogP contribution in [0.3, 0.4) is 0 Å². The van der Waals surface area contributed by atoms with E-state index in [0.717, 1.165) is 18.6 Å². The van der Waals surface area contributed by atoms with Crippen molar-refractivity contribution in [3.05, 3.63) is 35.9 Å². The van der Waals surface area contributed by atoms with Gasteiger partial charge in [0.15, 0.2) is 0 Å². The second kappa shape index (κ2) is 7.25. The Kier molecular flexibility index (Phi) is 7.14. The van der Waals surface area contributed by atoms with Gasteiger partial charge in [0.2, 0.25) is 0 Å². The minimum absolute atomic E-state index is 0. The summed E-state index contributed by atoms with van der Waals surface area (Å²) in [4.78, 5) is 0. The van der Waals surface area contributed by atoms with E-state index in [1.54, 1.807) is 0 Å². The molecule has 0 heterocycles. The molecule has 0 saturated carbocycles. The number of halogens is 1. The van der Waals surface area contributed by atoms with Crippen LogP contribution in [-0.2, 0) is 6.42 Å². The zero-order valence-corrected chi connectivity index (χ0v) is 9.23. The topological polar surface area (TPSA) is 26.0 Å². The summed E-state index contributed by atoms with van der Waals surface area (Å²) in [6.45, 7) is 0. The molecule has 1 nitrogen and oxygen atoms in total. The molecule has 0 radical (unpaired) electrons. The first kappa shape index (κ1) is 12.8. The van der Waals surface area contributed by atoms with E-state index in [-0.39, 0.29) is 18.4 Å². The number of hydrogen-bond donors (Lipinski definition) is 2. The van der Waals surface area contributed by atoms with Crippen molar-refractivity contribution in [3.8, 4) is 0 Å². The third kappa shape index (κ3) is 5.19. The Balaban J connectivity index is 0.00000144. The minimum Gasteiger partial charge on any atom is -0.327 e. The van der Waals surface area contributed by atoms with Crippen molar-refractivity contribution < 1.29 is 0 Å². The van der Waals surface area contributed by atoms with Crippen molar-refractivity contribution >= 4 is 25.0 Å². The van der Waals surface area contributed by atoms with Gasteiger partial charge in [0, 0.05) is 11.8 Å². The molecule has 0 saturated heterocycles. The molecule has 0 spiro atoms. The zero-order chi connectivity index (χ0) is 8.81. The van der Waals surface area contributed by atoms with E-state index >= 15 is 0 Å². The molecule has 0 fully saturated rings. The molecule has 13 heavy (non-hydrogen) atoms. The Morgan fingerprint density at radius 2 is 1.85 bits per heavy atom. The summed E-state index contributed by atoms with van der Waals surface area (Å²) in [6, 6.07) is 10.6. The fraction of sp³-hybridized carbons (Fsp3) is 0.400. The Hall–Kier alpha value is -0.180. The standard InChI is InChI=1S/C10H15NS.ClH/c11-10(8-12)7-6-9-4-2-1-3-5-9;/h1-5,10,12H,6-8,11H2;1H/t10-;/m1./s1. The molecule has 1 aromatic rings. The van der Waals surface area contributed by atoms with Gasteiger partial charge in [-0.1, -0.05) is 30.3 Å². The van der Waals surface area contributed by atoms with Crippen LogP contribution in [0.4, 0.5) is 0 Å². The molecule has 3 heteroatoms. The van der Waals surface area contributed by atoms with Crippen LogP contribution >= 0.6 is 25.0 Å². The molecule has 0 amide bonds. The summed E-state index contributed by atoms with van der Waals surface area (Å²) in [5, 5.41) is 0. The van der Waals surface area contributed by atoms with Crippen LogP contribution in [0.5, 0.6) is 0 Å². The third-order valence-corrected chi connectivity index (χ3v) is 2.35. The lowest BCUT2D eigenvalue weighted by Gasteiger charge is -2.06. The average Bonchev–Trinajstić information content (AvgIpc) is 2.16. The highest BCUT2D eigenvalue weighted by Crippen LogP contribution is 2.04. The van der Waals surface area contributed by atoms with E-state index in [4.69, 9.17) is 5.73 Å². The Labute approximate surface area is 91.5 Å². The molecule has 0 unspecified atom stereocenters. The highest BCUT2D eigenvalue weighted by molar-refractivity contribution is 7.80. The molecular formula is C10H16ClNS. The van der Waals surface area contributed by atoms with Gasteiger partial charge in [-0.25, -0.2) is 0 Å². The van der Waals surface area contributed by atoms with Gasteiger partial charge in [-0.05, 0) is 18.4 Å². The number of hydrogen-bond acceptors (Lipinski definition) is 2. The van der Waals surface area contributed by atoms with Crippen LogP contribution in [0.2, 0.25) is 0 Å². The van der Waals surface area contributed by atoms with Crippen LogP contribution < -0.4 is 5.73 Å². The fourth-order valence-electron chi connectivity index (χ4n) is 1.09. The van der Waals surface area contributed by atoms with Gasteiger partial charge in [0.1, 0.15) is 0 Å². The van der Waals surface area contributed by atoms with Crippen molar-refractivity contribution in [2.75, 3.05) is 5.75 Å². The molecule has 2 N–H and O–H groups in total. The SMILES string of the molecule is Cl.N[C@@H](CS)CCc1ccccc1. The molecule has 1 rings (SSSR count). The van der Waals surface area contributed by atoms with Crippen LogP contribution in [0.15, 0.2) is 30.3 Å². The van der Waals surface area contributed by atoms with Crippen molar-refractivity contribution in [3.63, 3.8) is 0 Å². The number of nitrogens with two attached hydrogens (primary N) is 1. The summed E-state index contributed by atoms with van der Waals surface area (Å²) in [5.41, 5.74) is 7.10. The maximum atomic E-state index is 5.74. The monoisotopic (exact) mass is 217 g/mol. The molecule has 0 bridgehead atoms. The number of rotatable bonds is 4. The quantitative estimate of drug-likeness (QED) is 0.744. The van der Waals surface area contributed by atoms with Gasteiger partial charge in [-0.2, -0.15) is 12.6 Å². The van der Waals surface area contributed by atoms with E-state index in [0.29, 0.717) is 0 Å². The van der Waals surface area contributed by atoms with E-state index < -0.39 is 0 Å². The summed E-state index contributed by atoms with van der Waals surface area (Å²) in [6.07, 6.45) is 2.08. The molecule has 74 valence electrons. The number of benzene rings is 1. The molecular weight excluding hydrogens is 202 g/mol. The normalized spacial score (nSPS) is 11.8. The average molecular weight is 218 g/mol. The Bertz CT molecular complexity index is 215. The number of thiol groups is 1. The van der Waals surface area contributed by atoms with E-state index in [9.17, 15) is 0 Å². The summed E-state index contributed by atoms with van der Waals surface area (Å²) >= 11 is 4.14. The van der Waals surface area contributed by atoms with Gasteiger partial charge in [-0.3, -0.25) is 0 Å². The molecule has 1 atom stereocenters. The smallest absolute Gasteiger partial charge is 0.0131 e. The van der Waals surface area contributed by atoms with E-state index in [1.165, 1.54) is 5.56 Å². The highest BCUT2D eigenvalue weighted by atomic mass is 35.5. The van der Waals surface area contributed by atoms with Gasteiger partial charge in [0.25, 0.3) is 0 Å². The molecule has 0 aliphatic carbocycles. The zero-order valence-electron chi connectivity index (χ0n) is 7.52. The van der Waals surface area contributed by atoms with E-state index in [1.807, 2.05) is 6.07 Å². The predicted octanol–water partition coefficient (Wildman–Crippen LogP) is 2.30. The predicted molar refractivity (Wildman–Crippen MR) is 63.8 cm³/mol. The van der Waals surface area contributed by atoms with Crippen molar-refractivity contribution in [2.24, 2.45) is 5.73 Å². The second-order valence-electron chi connectivity index (χ2n) is 2.97. The maximum absolute atomic E-state index is 5.74. The largest absolute Gasteiger partial charge is 0.327 e. The fourth-order valence-corrected chi connectivity index (χ4v) is 1.27. The van der Waals surface area contributed by atoms with Gasteiger partial charge in [0.05, 0.1) is 0 Å². The molecule has 0 aliphatic rings. The highest BCUT2D eigenvalue weighted by Gasteiger charge is 1.99. The van der Waals surface area contributed by atoms with Crippen LogP contribution in [0.1, 0.15) is 12.0 Å². The second-order valence-corrected chi connectivity index (χ2v) is 3.33. The lowest BCUT2D eigenvalue weighted by Crippen LogP contribution is -2.22. The summed E-state index contributed by atoms with van der Waals surface area (Å²) < 4.78 is 0. The van der Waals surface area contributed by atoms with Gasteiger partial charge < -0.3 is 5.73 Å². The first-order valence-electron chi connectivity index (χ1n) is 4.23.